The average Bonchev–Trinajstić information content (AvgIpc) is 3.33. The number of imidazole rings is 1. The highest BCUT2D eigenvalue weighted by Gasteiger charge is 2.29. The molecule has 7 heteroatoms. The largest absolute Gasteiger partial charge is 0.358 e. The van der Waals surface area contributed by atoms with Gasteiger partial charge in [-0.2, -0.15) is 0 Å². The Bertz CT molecular complexity index is 1250. The maximum absolute atomic E-state index is 13.0. The molecule has 0 unspecified atom stereocenters. The number of nitrogens with zero attached hydrogens (tertiary/aromatic N) is 4. The van der Waals surface area contributed by atoms with E-state index in [1.54, 1.807) is 4.90 Å². The summed E-state index contributed by atoms with van der Waals surface area (Å²) in [7, 11) is 0. The second-order valence-electron chi connectivity index (χ2n) is 7.75. The maximum atomic E-state index is 13.0. The van der Waals surface area contributed by atoms with Crippen molar-refractivity contribution in [2.24, 2.45) is 0 Å². The SMILES string of the molecule is Cc1[nH]c2ccccc2c1C(=O)C(=O)N1CCN(Cc2cnc3ccccn23)CC1. The number of aromatic nitrogens is 3. The van der Waals surface area contributed by atoms with Gasteiger partial charge >= 0.3 is 0 Å². The van der Waals surface area contributed by atoms with Gasteiger partial charge < -0.3 is 14.3 Å². The normalized spacial score (nSPS) is 15.2. The van der Waals surface area contributed by atoms with Crippen LogP contribution < -0.4 is 0 Å². The molecule has 0 atom stereocenters. The quantitative estimate of drug-likeness (QED) is 0.421. The third-order valence-electron chi connectivity index (χ3n) is 5.85. The number of amides is 1. The van der Waals surface area contributed by atoms with Crippen LogP contribution in [0.2, 0.25) is 0 Å². The zero-order valence-electron chi connectivity index (χ0n) is 16.8. The number of aryl methyl sites for hydroxylation is 1. The number of carbonyl (C=O) groups is 2. The van der Waals surface area contributed by atoms with Gasteiger partial charge in [0.05, 0.1) is 17.5 Å². The van der Waals surface area contributed by atoms with E-state index in [1.165, 1.54) is 0 Å². The van der Waals surface area contributed by atoms with Crippen LogP contribution in [0.3, 0.4) is 0 Å². The van der Waals surface area contributed by atoms with E-state index in [-0.39, 0.29) is 0 Å². The topological polar surface area (TPSA) is 73.7 Å². The van der Waals surface area contributed by atoms with Gasteiger partial charge in [0.2, 0.25) is 0 Å². The van der Waals surface area contributed by atoms with Gasteiger partial charge in [0, 0.05) is 55.5 Å². The Hall–Kier alpha value is -3.45. The first-order valence-corrected chi connectivity index (χ1v) is 10.2. The van der Waals surface area contributed by atoms with E-state index in [0.29, 0.717) is 18.7 Å². The summed E-state index contributed by atoms with van der Waals surface area (Å²) in [6.07, 6.45) is 3.91. The lowest BCUT2D eigenvalue weighted by Crippen LogP contribution is -2.50. The molecular weight excluding hydrogens is 378 g/mol. The fraction of sp³-hybridized carbons (Fsp3) is 0.261. The third-order valence-corrected chi connectivity index (χ3v) is 5.85. The molecule has 3 aromatic heterocycles. The van der Waals surface area contributed by atoms with Gasteiger partial charge in [-0.05, 0) is 25.1 Å². The molecule has 0 spiro atoms. The van der Waals surface area contributed by atoms with E-state index in [9.17, 15) is 9.59 Å². The molecule has 4 heterocycles. The predicted octanol–water partition coefficient (Wildman–Crippen LogP) is 2.65. The molecule has 7 nitrogen and oxygen atoms in total. The van der Waals surface area contributed by atoms with E-state index >= 15 is 0 Å². The van der Waals surface area contributed by atoms with Gasteiger partial charge in [0.25, 0.3) is 11.7 Å². The standard InChI is InChI=1S/C23H23N5O2/c1-16-21(18-6-2-3-7-19(18)25-16)22(29)23(30)27-12-10-26(11-13-27)15-17-14-24-20-8-4-5-9-28(17)20/h2-9,14,25H,10-13,15H2,1H3. The molecule has 1 aromatic carbocycles. The van der Waals surface area contributed by atoms with E-state index in [2.05, 4.69) is 19.3 Å². The molecule has 1 aliphatic rings. The zero-order chi connectivity index (χ0) is 20.7. The number of para-hydroxylation sites is 1. The number of pyridine rings is 1. The lowest BCUT2D eigenvalue weighted by molar-refractivity contribution is -0.128. The number of piperazine rings is 1. The highest BCUT2D eigenvalue weighted by atomic mass is 16.2. The van der Waals surface area contributed by atoms with E-state index in [1.807, 2.05) is 61.8 Å². The molecule has 1 aliphatic heterocycles. The third kappa shape index (κ3) is 3.17. The van der Waals surface area contributed by atoms with Crippen LogP contribution in [0.1, 0.15) is 21.7 Å². The van der Waals surface area contributed by atoms with Crippen molar-refractivity contribution in [3.8, 4) is 0 Å². The second-order valence-corrected chi connectivity index (χ2v) is 7.75. The van der Waals surface area contributed by atoms with Crippen molar-refractivity contribution in [3.63, 3.8) is 0 Å². The van der Waals surface area contributed by atoms with Gasteiger partial charge in [-0.15, -0.1) is 0 Å². The summed E-state index contributed by atoms with van der Waals surface area (Å²) in [5.41, 5.74) is 4.16. The van der Waals surface area contributed by atoms with Crippen LogP contribution in [0.5, 0.6) is 0 Å². The molecular formula is C23H23N5O2. The van der Waals surface area contributed by atoms with Gasteiger partial charge in [-0.25, -0.2) is 4.98 Å². The first-order chi connectivity index (χ1) is 14.6. The second kappa shape index (κ2) is 7.42. The summed E-state index contributed by atoms with van der Waals surface area (Å²) in [6.45, 7) is 5.15. The molecule has 1 amide bonds. The van der Waals surface area contributed by atoms with Crippen LogP contribution in [-0.2, 0) is 11.3 Å². The smallest absolute Gasteiger partial charge is 0.295 e. The summed E-state index contributed by atoms with van der Waals surface area (Å²) >= 11 is 0. The van der Waals surface area contributed by atoms with Gasteiger partial charge in [-0.1, -0.05) is 24.3 Å². The maximum Gasteiger partial charge on any atom is 0.295 e. The number of aromatic amines is 1. The average molecular weight is 401 g/mol. The number of benzene rings is 1. The van der Waals surface area contributed by atoms with Crippen LogP contribution >= 0.6 is 0 Å². The lowest BCUT2D eigenvalue weighted by atomic mass is 10.1. The highest BCUT2D eigenvalue weighted by molar-refractivity contribution is 6.45. The van der Waals surface area contributed by atoms with Gasteiger partial charge in [0.15, 0.2) is 0 Å². The van der Waals surface area contributed by atoms with E-state index in [0.717, 1.165) is 47.6 Å². The van der Waals surface area contributed by atoms with E-state index in [4.69, 9.17) is 0 Å². The molecule has 1 N–H and O–H groups in total. The Morgan fingerprint density at radius 3 is 2.63 bits per heavy atom. The zero-order valence-corrected chi connectivity index (χ0v) is 16.8. The summed E-state index contributed by atoms with van der Waals surface area (Å²) in [5.74, 6) is -0.850. The molecule has 4 aromatic rings. The number of carbonyl (C=O) groups excluding carboxylic acids is 2. The monoisotopic (exact) mass is 401 g/mol. The molecule has 1 saturated heterocycles. The van der Waals surface area contributed by atoms with Crippen molar-refractivity contribution in [2.45, 2.75) is 13.5 Å². The molecule has 0 aliphatic carbocycles. The first-order valence-electron chi connectivity index (χ1n) is 10.2. The van der Waals surface area contributed by atoms with Crippen molar-refractivity contribution in [3.05, 3.63) is 71.8 Å². The van der Waals surface area contributed by atoms with E-state index < -0.39 is 11.7 Å². The minimum absolute atomic E-state index is 0.419. The number of H-pyrrole nitrogens is 1. The Morgan fingerprint density at radius 2 is 1.80 bits per heavy atom. The van der Waals surface area contributed by atoms with Crippen LogP contribution in [0.4, 0.5) is 0 Å². The van der Waals surface area contributed by atoms with Crippen LogP contribution in [0, 0.1) is 6.92 Å². The van der Waals surface area contributed by atoms with Crippen LogP contribution in [0.25, 0.3) is 16.6 Å². The van der Waals surface area contributed by atoms with Crippen molar-refractivity contribution in [2.75, 3.05) is 26.2 Å². The number of rotatable bonds is 4. The molecule has 0 saturated carbocycles. The van der Waals surface area contributed by atoms with Crippen molar-refractivity contribution in [1.29, 1.82) is 0 Å². The number of hydrogen-bond donors (Lipinski definition) is 1. The lowest BCUT2D eigenvalue weighted by Gasteiger charge is -2.34. The number of Topliss-reactive ketones (excluding diaryl/α,β-unsaturated/α-hetero) is 1. The number of ketones is 1. The predicted molar refractivity (Wildman–Crippen MR) is 114 cm³/mol. The summed E-state index contributed by atoms with van der Waals surface area (Å²) in [6, 6.07) is 13.6. The molecule has 0 bridgehead atoms. The molecule has 5 rings (SSSR count). The fourth-order valence-electron chi connectivity index (χ4n) is 4.26. The highest BCUT2D eigenvalue weighted by Crippen LogP contribution is 2.23. The van der Waals surface area contributed by atoms with Crippen LogP contribution in [-0.4, -0.2) is 62.0 Å². The van der Waals surface area contributed by atoms with Crippen molar-refractivity contribution >= 4 is 28.2 Å². The molecule has 0 radical (unpaired) electrons. The van der Waals surface area contributed by atoms with Crippen molar-refractivity contribution in [1.82, 2.24) is 24.2 Å². The first kappa shape index (κ1) is 18.6. The summed E-state index contributed by atoms with van der Waals surface area (Å²) in [5, 5.41) is 0.805. The minimum Gasteiger partial charge on any atom is -0.358 e. The summed E-state index contributed by atoms with van der Waals surface area (Å²) < 4.78 is 2.08. The van der Waals surface area contributed by atoms with Gasteiger partial charge in [0.1, 0.15) is 5.65 Å². The van der Waals surface area contributed by atoms with Crippen LogP contribution in [0.15, 0.2) is 54.9 Å². The Labute approximate surface area is 173 Å². The Balaban J connectivity index is 1.26. The fourth-order valence-corrected chi connectivity index (χ4v) is 4.26. The number of hydrogen-bond acceptors (Lipinski definition) is 4. The molecule has 1 fully saturated rings. The van der Waals surface area contributed by atoms with Crippen molar-refractivity contribution < 1.29 is 9.59 Å². The Kier molecular flexibility index (Phi) is 4.59. The molecule has 152 valence electrons. The number of nitrogens with one attached hydrogen (secondary N) is 1. The summed E-state index contributed by atoms with van der Waals surface area (Å²) in [4.78, 5) is 37.5. The number of fused-ring (bicyclic) bond motifs is 2. The Morgan fingerprint density at radius 1 is 1.03 bits per heavy atom. The van der Waals surface area contributed by atoms with Gasteiger partial charge in [-0.3, -0.25) is 14.5 Å². The minimum atomic E-state index is -0.430. The molecule has 30 heavy (non-hydrogen) atoms.